The monoisotopic (exact) mass is 346 g/mol. The van der Waals surface area contributed by atoms with Gasteiger partial charge in [0.25, 0.3) is 0 Å². The van der Waals surface area contributed by atoms with Crippen molar-refractivity contribution >= 4 is 22.9 Å². The number of rotatable bonds is 5. The normalized spacial score (nSPS) is 12.6. The zero-order chi connectivity index (χ0) is 17.8. The van der Waals surface area contributed by atoms with E-state index < -0.39 is 0 Å². The lowest BCUT2D eigenvalue weighted by molar-refractivity contribution is -0.116. The van der Waals surface area contributed by atoms with Crippen molar-refractivity contribution in [1.29, 1.82) is 0 Å². The molecule has 26 heavy (non-hydrogen) atoms. The van der Waals surface area contributed by atoms with Crippen molar-refractivity contribution in [3.8, 4) is 11.5 Å². The molecule has 1 aromatic heterocycles. The van der Waals surface area contributed by atoms with Crippen LogP contribution in [0, 0.1) is 0 Å². The highest BCUT2D eigenvalue weighted by atomic mass is 16.7. The molecule has 2 aromatic carbocycles. The predicted molar refractivity (Wildman–Crippen MR) is 100 cm³/mol. The molecule has 0 bridgehead atoms. The zero-order valence-corrected chi connectivity index (χ0v) is 14.1. The molecule has 2 heterocycles. The van der Waals surface area contributed by atoms with Crippen LogP contribution < -0.4 is 14.8 Å². The van der Waals surface area contributed by atoms with Gasteiger partial charge in [-0.1, -0.05) is 30.3 Å². The minimum atomic E-state index is -0.129. The molecule has 1 aliphatic heterocycles. The molecule has 0 fully saturated rings. The molecular weight excluding hydrogens is 328 g/mol. The summed E-state index contributed by atoms with van der Waals surface area (Å²) in [4.78, 5) is 16.5. The summed E-state index contributed by atoms with van der Waals surface area (Å²) in [6.07, 6.45) is 5.81. The highest BCUT2D eigenvalue weighted by Crippen LogP contribution is 2.32. The number of amides is 1. The number of hydrogen-bond acceptors (Lipinski definition) is 4. The van der Waals surface area contributed by atoms with Gasteiger partial charge in [0.1, 0.15) is 0 Å². The number of carbonyl (C=O) groups is 1. The van der Waals surface area contributed by atoms with Gasteiger partial charge in [0.05, 0.1) is 5.52 Å². The molecule has 0 saturated heterocycles. The van der Waals surface area contributed by atoms with E-state index in [2.05, 4.69) is 10.3 Å². The average molecular weight is 346 g/mol. The maximum atomic E-state index is 12.0. The van der Waals surface area contributed by atoms with Crippen molar-refractivity contribution < 1.29 is 14.3 Å². The van der Waals surface area contributed by atoms with Gasteiger partial charge in [0.2, 0.25) is 12.7 Å². The summed E-state index contributed by atoms with van der Waals surface area (Å²) in [5.74, 6) is 1.31. The van der Waals surface area contributed by atoms with Crippen LogP contribution in [-0.4, -0.2) is 24.2 Å². The summed E-state index contributed by atoms with van der Waals surface area (Å²) in [6, 6.07) is 15.6. The van der Waals surface area contributed by atoms with Gasteiger partial charge < -0.3 is 14.8 Å². The van der Waals surface area contributed by atoms with Crippen LogP contribution in [0.1, 0.15) is 11.1 Å². The van der Waals surface area contributed by atoms with Gasteiger partial charge >= 0.3 is 0 Å². The number of carbonyl (C=O) groups excluding carboxylic acids is 1. The number of para-hydroxylation sites is 1. The second-order valence-corrected chi connectivity index (χ2v) is 5.98. The lowest BCUT2D eigenvalue weighted by Gasteiger charge is -2.06. The van der Waals surface area contributed by atoms with E-state index in [4.69, 9.17) is 9.47 Å². The molecule has 0 radical (unpaired) electrons. The lowest BCUT2D eigenvalue weighted by Crippen LogP contribution is -2.23. The zero-order valence-electron chi connectivity index (χ0n) is 14.1. The lowest BCUT2D eigenvalue weighted by atomic mass is 10.1. The van der Waals surface area contributed by atoms with Crippen molar-refractivity contribution in [3.05, 3.63) is 71.9 Å². The first kappa shape index (κ1) is 16.1. The fourth-order valence-corrected chi connectivity index (χ4v) is 2.94. The van der Waals surface area contributed by atoms with E-state index in [9.17, 15) is 4.79 Å². The number of ether oxygens (including phenoxy) is 2. The Hall–Kier alpha value is -3.34. The van der Waals surface area contributed by atoms with E-state index in [-0.39, 0.29) is 12.7 Å². The van der Waals surface area contributed by atoms with Crippen molar-refractivity contribution in [2.75, 3.05) is 13.3 Å². The molecule has 130 valence electrons. The van der Waals surface area contributed by atoms with Crippen LogP contribution in [0.25, 0.3) is 17.0 Å². The molecule has 1 aliphatic rings. The third-order valence-corrected chi connectivity index (χ3v) is 4.23. The Morgan fingerprint density at radius 1 is 1.12 bits per heavy atom. The van der Waals surface area contributed by atoms with E-state index in [0.717, 1.165) is 34.2 Å². The van der Waals surface area contributed by atoms with Gasteiger partial charge in [-0.15, -0.1) is 0 Å². The van der Waals surface area contributed by atoms with Crippen molar-refractivity contribution in [2.24, 2.45) is 0 Å². The summed E-state index contributed by atoms with van der Waals surface area (Å²) >= 11 is 0. The van der Waals surface area contributed by atoms with Crippen LogP contribution in [0.4, 0.5) is 0 Å². The maximum Gasteiger partial charge on any atom is 0.244 e. The molecule has 5 nitrogen and oxygen atoms in total. The number of aromatic nitrogens is 1. The van der Waals surface area contributed by atoms with Crippen molar-refractivity contribution in [1.82, 2.24) is 10.3 Å². The fourth-order valence-electron chi connectivity index (χ4n) is 2.94. The van der Waals surface area contributed by atoms with Gasteiger partial charge in [-0.05, 0) is 41.8 Å². The predicted octanol–water partition coefficient (Wildman–Crippen LogP) is 3.34. The first-order valence-corrected chi connectivity index (χ1v) is 8.48. The van der Waals surface area contributed by atoms with Gasteiger partial charge in [-0.25, -0.2) is 0 Å². The molecule has 0 unspecified atom stereocenters. The molecule has 0 spiro atoms. The Bertz CT molecular complexity index is 977. The van der Waals surface area contributed by atoms with Crippen LogP contribution in [0.2, 0.25) is 0 Å². The van der Waals surface area contributed by atoms with E-state index in [1.165, 1.54) is 6.08 Å². The van der Waals surface area contributed by atoms with Crippen LogP contribution in [0.5, 0.6) is 11.5 Å². The third-order valence-electron chi connectivity index (χ3n) is 4.23. The van der Waals surface area contributed by atoms with Crippen LogP contribution in [0.3, 0.4) is 0 Å². The summed E-state index contributed by atoms with van der Waals surface area (Å²) < 4.78 is 10.6. The second-order valence-electron chi connectivity index (χ2n) is 5.98. The molecular formula is C21H18N2O3. The first-order valence-electron chi connectivity index (χ1n) is 8.48. The minimum absolute atomic E-state index is 0.129. The SMILES string of the molecule is O=C(/C=C/c1ccc2c(c1)OCO2)NCCc1cccc2cccnc12. The summed E-state index contributed by atoms with van der Waals surface area (Å²) in [5.41, 5.74) is 3.01. The topological polar surface area (TPSA) is 60.5 Å². The van der Waals surface area contributed by atoms with Crippen LogP contribution >= 0.6 is 0 Å². The Morgan fingerprint density at radius 3 is 2.96 bits per heavy atom. The Morgan fingerprint density at radius 2 is 2.00 bits per heavy atom. The molecule has 0 atom stereocenters. The van der Waals surface area contributed by atoms with Crippen LogP contribution in [0.15, 0.2) is 60.8 Å². The van der Waals surface area contributed by atoms with E-state index in [1.807, 2.05) is 48.5 Å². The van der Waals surface area contributed by atoms with Gasteiger partial charge in [0, 0.05) is 24.2 Å². The van der Waals surface area contributed by atoms with E-state index >= 15 is 0 Å². The molecule has 4 rings (SSSR count). The quantitative estimate of drug-likeness (QED) is 0.720. The molecule has 0 aliphatic carbocycles. The van der Waals surface area contributed by atoms with Crippen molar-refractivity contribution in [3.63, 3.8) is 0 Å². The summed E-state index contributed by atoms with van der Waals surface area (Å²) in [6.45, 7) is 0.798. The first-order chi connectivity index (χ1) is 12.8. The fraction of sp³-hybridized carbons (Fsp3) is 0.143. The molecule has 0 saturated carbocycles. The summed E-state index contributed by atoms with van der Waals surface area (Å²) in [7, 11) is 0. The Labute approximate surface area is 151 Å². The molecule has 3 aromatic rings. The minimum Gasteiger partial charge on any atom is -0.454 e. The number of fused-ring (bicyclic) bond motifs is 2. The van der Waals surface area contributed by atoms with Gasteiger partial charge in [-0.3, -0.25) is 9.78 Å². The largest absolute Gasteiger partial charge is 0.454 e. The number of nitrogens with zero attached hydrogens (tertiary/aromatic N) is 1. The average Bonchev–Trinajstić information content (AvgIpc) is 3.14. The third kappa shape index (κ3) is 3.52. The smallest absolute Gasteiger partial charge is 0.244 e. The number of pyridine rings is 1. The van der Waals surface area contributed by atoms with E-state index in [1.54, 1.807) is 12.3 Å². The highest BCUT2D eigenvalue weighted by Gasteiger charge is 2.12. The molecule has 5 heteroatoms. The summed E-state index contributed by atoms with van der Waals surface area (Å²) in [5, 5.41) is 4.02. The second kappa shape index (κ2) is 7.27. The maximum absolute atomic E-state index is 12.0. The Kier molecular flexibility index (Phi) is 4.51. The number of hydrogen-bond donors (Lipinski definition) is 1. The number of nitrogens with one attached hydrogen (secondary N) is 1. The van der Waals surface area contributed by atoms with Gasteiger partial charge in [-0.2, -0.15) is 0 Å². The molecule has 1 amide bonds. The molecule has 1 N–H and O–H groups in total. The van der Waals surface area contributed by atoms with Crippen LogP contribution in [-0.2, 0) is 11.2 Å². The van der Waals surface area contributed by atoms with Crippen molar-refractivity contribution in [2.45, 2.75) is 6.42 Å². The number of benzene rings is 2. The van der Waals surface area contributed by atoms with Gasteiger partial charge in [0.15, 0.2) is 11.5 Å². The van der Waals surface area contributed by atoms with E-state index in [0.29, 0.717) is 12.3 Å². The highest BCUT2D eigenvalue weighted by molar-refractivity contribution is 5.91. The standard InChI is InChI=1S/C21H18N2O3/c24-20(9-7-15-6-8-18-19(13-15)26-14-25-18)22-12-10-17-4-1-3-16-5-2-11-23-21(16)17/h1-9,11,13H,10,12,14H2,(H,22,24)/b9-7+. The Balaban J connectivity index is 1.34.